The van der Waals surface area contributed by atoms with E-state index in [0.29, 0.717) is 6.42 Å². The summed E-state index contributed by atoms with van der Waals surface area (Å²) in [7, 11) is 0. The van der Waals surface area contributed by atoms with Gasteiger partial charge in [0.15, 0.2) is 0 Å². The molecule has 0 heterocycles. The molecule has 2 atom stereocenters. The van der Waals surface area contributed by atoms with Crippen molar-refractivity contribution in [2.75, 3.05) is 0 Å². The smallest absolute Gasteiger partial charge is 0.408 e. The van der Waals surface area contributed by atoms with Crippen LogP contribution in [0.15, 0.2) is 24.3 Å². The summed E-state index contributed by atoms with van der Waals surface area (Å²) in [6.45, 7) is 5.44. The fourth-order valence-corrected chi connectivity index (χ4v) is 2.37. The highest BCUT2D eigenvalue weighted by Gasteiger charge is 2.34. The minimum absolute atomic E-state index is 0.218. The molecule has 0 aliphatic heterocycles. The minimum atomic E-state index is -0.543. The number of benzene rings is 1. The highest BCUT2D eigenvalue weighted by atomic mass is 16.6. The molecule has 1 aliphatic rings. The van der Waals surface area contributed by atoms with Crippen molar-refractivity contribution in [2.24, 2.45) is 5.92 Å². The van der Waals surface area contributed by atoms with Crippen LogP contribution in [0.3, 0.4) is 0 Å². The zero-order chi connectivity index (χ0) is 14.0. The van der Waals surface area contributed by atoms with Crippen LogP contribution in [0, 0.1) is 5.92 Å². The molecule has 0 unspecified atom stereocenters. The molecule has 4 nitrogen and oxygen atoms in total. The van der Waals surface area contributed by atoms with E-state index in [1.54, 1.807) is 0 Å². The number of hydrogen-bond acceptors (Lipinski definition) is 3. The van der Waals surface area contributed by atoms with Gasteiger partial charge in [0.05, 0.1) is 6.04 Å². The third-order valence-electron chi connectivity index (χ3n) is 3.12. The SMILES string of the molecule is CC(C)(C)OC(=O)N[C@@H]1c2ccccc2C[C@@H]1C=O. The van der Waals surface area contributed by atoms with E-state index >= 15 is 0 Å². The van der Waals surface area contributed by atoms with Crippen molar-refractivity contribution in [3.8, 4) is 0 Å². The molecule has 1 aromatic rings. The Hall–Kier alpha value is -1.84. The van der Waals surface area contributed by atoms with Crippen molar-refractivity contribution in [2.45, 2.75) is 38.8 Å². The number of nitrogens with one attached hydrogen (secondary N) is 1. The van der Waals surface area contributed by atoms with Crippen molar-refractivity contribution in [1.29, 1.82) is 0 Å². The molecule has 0 fully saturated rings. The largest absolute Gasteiger partial charge is 0.444 e. The Balaban J connectivity index is 2.14. The Bertz CT molecular complexity index is 490. The van der Waals surface area contributed by atoms with Crippen LogP contribution in [0.25, 0.3) is 0 Å². The second kappa shape index (κ2) is 5.03. The lowest BCUT2D eigenvalue weighted by atomic mass is 10.0. The molecule has 0 saturated heterocycles. The molecule has 102 valence electrons. The van der Waals surface area contributed by atoms with E-state index in [1.165, 1.54) is 0 Å². The van der Waals surface area contributed by atoms with Crippen molar-refractivity contribution in [1.82, 2.24) is 5.32 Å². The van der Waals surface area contributed by atoms with Crippen LogP contribution in [0.5, 0.6) is 0 Å². The van der Waals surface area contributed by atoms with Gasteiger partial charge in [-0.25, -0.2) is 4.79 Å². The van der Waals surface area contributed by atoms with Crippen LogP contribution in [0.2, 0.25) is 0 Å². The molecular formula is C15H19NO3. The molecule has 2 rings (SSSR count). The Morgan fingerprint density at radius 3 is 2.68 bits per heavy atom. The van der Waals surface area contributed by atoms with E-state index < -0.39 is 11.7 Å². The van der Waals surface area contributed by atoms with Crippen LogP contribution >= 0.6 is 0 Å². The highest BCUT2D eigenvalue weighted by molar-refractivity contribution is 5.71. The molecule has 1 N–H and O–H groups in total. The second-order valence-corrected chi connectivity index (χ2v) is 5.83. The number of alkyl carbamates (subject to hydrolysis) is 1. The van der Waals surface area contributed by atoms with Crippen LogP contribution in [-0.4, -0.2) is 18.0 Å². The molecule has 1 aliphatic carbocycles. The van der Waals surface area contributed by atoms with E-state index in [-0.39, 0.29) is 12.0 Å². The summed E-state index contributed by atoms with van der Waals surface area (Å²) in [5.41, 5.74) is 1.57. The standard InChI is InChI=1S/C15H19NO3/c1-15(2,3)19-14(18)16-13-11(9-17)8-10-6-4-5-7-12(10)13/h4-7,9,11,13H,8H2,1-3H3,(H,16,18)/t11-,13+/m1/s1. The van der Waals surface area contributed by atoms with Crippen LogP contribution in [0.4, 0.5) is 4.79 Å². The van der Waals surface area contributed by atoms with Crippen molar-refractivity contribution in [3.63, 3.8) is 0 Å². The number of amides is 1. The van der Waals surface area contributed by atoms with Crippen LogP contribution in [-0.2, 0) is 16.0 Å². The first kappa shape index (κ1) is 13.6. The van der Waals surface area contributed by atoms with Gasteiger partial charge in [-0.1, -0.05) is 24.3 Å². The Kier molecular flexibility index (Phi) is 3.60. The Morgan fingerprint density at radius 2 is 2.05 bits per heavy atom. The normalized spacial score (nSPS) is 21.6. The van der Waals surface area contributed by atoms with Gasteiger partial charge in [0.2, 0.25) is 0 Å². The van der Waals surface area contributed by atoms with Crippen LogP contribution < -0.4 is 5.32 Å². The van der Waals surface area contributed by atoms with Gasteiger partial charge in [0.25, 0.3) is 0 Å². The first-order valence-corrected chi connectivity index (χ1v) is 6.43. The number of fused-ring (bicyclic) bond motifs is 1. The maximum absolute atomic E-state index is 11.8. The lowest BCUT2D eigenvalue weighted by Gasteiger charge is -2.23. The lowest BCUT2D eigenvalue weighted by molar-refractivity contribution is -0.111. The van der Waals surface area contributed by atoms with Gasteiger partial charge in [-0.05, 0) is 38.3 Å². The fraction of sp³-hybridized carbons (Fsp3) is 0.467. The molecular weight excluding hydrogens is 242 g/mol. The number of hydrogen-bond donors (Lipinski definition) is 1. The number of aldehydes is 1. The monoisotopic (exact) mass is 261 g/mol. The van der Waals surface area contributed by atoms with Crippen molar-refractivity contribution in [3.05, 3.63) is 35.4 Å². The Labute approximate surface area is 113 Å². The first-order chi connectivity index (χ1) is 8.90. The molecule has 19 heavy (non-hydrogen) atoms. The van der Waals surface area contributed by atoms with E-state index in [0.717, 1.165) is 17.4 Å². The lowest BCUT2D eigenvalue weighted by Crippen LogP contribution is -2.36. The summed E-state index contributed by atoms with van der Waals surface area (Å²) >= 11 is 0. The number of carbonyl (C=O) groups is 2. The van der Waals surface area contributed by atoms with E-state index in [4.69, 9.17) is 4.74 Å². The van der Waals surface area contributed by atoms with Crippen LogP contribution in [0.1, 0.15) is 37.9 Å². The van der Waals surface area contributed by atoms with Gasteiger partial charge < -0.3 is 14.8 Å². The molecule has 1 amide bonds. The summed E-state index contributed by atoms with van der Waals surface area (Å²) in [4.78, 5) is 23.0. The van der Waals surface area contributed by atoms with Gasteiger partial charge in [-0.3, -0.25) is 0 Å². The second-order valence-electron chi connectivity index (χ2n) is 5.83. The van der Waals surface area contributed by atoms with E-state index in [2.05, 4.69) is 5.32 Å². The van der Waals surface area contributed by atoms with Gasteiger partial charge >= 0.3 is 6.09 Å². The average Bonchev–Trinajstić information content (AvgIpc) is 2.65. The molecule has 0 bridgehead atoms. The molecule has 4 heteroatoms. The van der Waals surface area contributed by atoms with Gasteiger partial charge in [0, 0.05) is 5.92 Å². The summed E-state index contributed by atoms with van der Waals surface area (Å²) in [5, 5.41) is 2.80. The summed E-state index contributed by atoms with van der Waals surface area (Å²) in [6.07, 6.45) is 1.09. The van der Waals surface area contributed by atoms with Gasteiger partial charge in [-0.15, -0.1) is 0 Å². The maximum Gasteiger partial charge on any atom is 0.408 e. The fourth-order valence-electron chi connectivity index (χ4n) is 2.37. The average molecular weight is 261 g/mol. The van der Waals surface area contributed by atoms with E-state index in [9.17, 15) is 9.59 Å². The first-order valence-electron chi connectivity index (χ1n) is 6.43. The number of ether oxygens (including phenoxy) is 1. The third kappa shape index (κ3) is 3.13. The summed E-state index contributed by atoms with van der Waals surface area (Å²) in [5.74, 6) is -0.218. The minimum Gasteiger partial charge on any atom is -0.444 e. The predicted molar refractivity (Wildman–Crippen MR) is 71.8 cm³/mol. The van der Waals surface area contributed by atoms with E-state index in [1.807, 2.05) is 45.0 Å². The number of carbonyl (C=O) groups excluding carboxylic acids is 2. The topological polar surface area (TPSA) is 55.4 Å². The quantitative estimate of drug-likeness (QED) is 0.833. The zero-order valence-electron chi connectivity index (χ0n) is 11.5. The molecule has 0 saturated carbocycles. The molecule has 0 spiro atoms. The van der Waals surface area contributed by atoms with Crippen molar-refractivity contribution < 1.29 is 14.3 Å². The molecule has 0 radical (unpaired) electrons. The predicted octanol–water partition coefficient (Wildman–Crippen LogP) is 2.62. The zero-order valence-corrected chi connectivity index (χ0v) is 11.5. The maximum atomic E-state index is 11.8. The van der Waals surface area contributed by atoms with Crippen molar-refractivity contribution >= 4 is 12.4 Å². The Morgan fingerprint density at radius 1 is 1.37 bits per heavy atom. The molecule has 0 aromatic heterocycles. The molecule has 1 aromatic carbocycles. The number of rotatable bonds is 2. The summed E-state index contributed by atoms with van der Waals surface area (Å²) < 4.78 is 5.24. The van der Waals surface area contributed by atoms with Gasteiger partial charge in [-0.2, -0.15) is 0 Å². The third-order valence-corrected chi connectivity index (χ3v) is 3.12. The highest BCUT2D eigenvalue weighted by Crippen LogP contribution is 2.34. The summed E-state index contributed by atoms with van der Waals surface area (Å²) in [6, 6.07) is 7.50. The van der Waals surface area contributed by atoms with Gasteiger partial charge in [0.1, 0.15) is 11.9 Å².